The van der Waals surface area contributed by atoms with E-state index in [0.29, 0.717) is 0 Å². The molecule has 2 aromatic heterocycles. The van der Waals surface area contributed by atoms with Crippen molar-refractivity contribution in [1.82, 2.24) is 9.61 Å². The van der Waals surface area contributed by atoms with E-state index >= 15 is 0 Å². The molecule has 0 atom stereocenters. The Morgan fingerprint density at radius 3 is 2.56 bits per heavy atom. The average molecular weight is 335 g/mol. The van der Waals surface area contributed by atoms with E-state index < -0.39 is 0 Å². The number of aromatic nitrogens is 2. The Kier molecular flexibility index (Phi) is 3.21. The fraction of sp³-hybridized carbons (Fsp3) is 0.333. The SMILES string of the molecule is Cc1c(C2=NC(C)(C)C(C)(C)c3cc(F)ccc32)cnn2cccc12. The maximum atomic E-state index is 14.0. The summed E-state index contributed by atoms with van der Waals surface area (Å²) < 4.78 is 15.9. The predicted molar refractivity (Wildman–Crippen MR) is 99.1 cm³/mol. The molecule has 0 saturated carbocycles. The molecule has 0 N–H and O–H groups in total. The zero-order valence-corrected chi connectivity index (χ0v) is 15.3. The first-order chi connectivity index (χ1) is 11.7. The lowest BCUT2D eigenvalue weighted by atomic mass is 9.65. The summed E-state index contributed by atoms with van der Waals surface area (Å²) in [6, 6.07) is 9.06. The zero-order chi connectivity index (χ0) is 18.0. The molecule has 1 aliphatic heterocycles. The minimum absolute atomic E-state index is 0.208. The van der Waals surface area contributed by atoms with E-state index in [9.17, 15) is 4.39 Å². The number of benzene rings is 1. The Balaban J connectivity index is 2.04. The number of hydrogen-bond acceptors (Lipinski definition) is 2. The first-order valence-corrected chi connectivity index (χ1v) is 8.56. The Morgan fingerprint density at radius 1 is 1.04 bits per heavy atom. The first-order valence-electron chi connectivity index (χ1n) is 8.56. The van der Waals surface area contributed by atoms with Crippen LogP contribution in [0.5, 0.6) is 0 Å². The van der Waals surface area contributed by atoms with Crippen LogP contribution in [-0.2, 0) is 5.41 Å². The molecule has 0 unspecified atom stereocenters. The molecule has 0 bridgehead atoms. The van der Waals surface area contributed by atoms with Crippen molar-refractivity contribution in [1.29, 1.82) is 0 Å². The summed E-state index contributed by atoms with van der Waals surface area (Å²) in [7, 11) is 0. The van der Waals surface area contributed by atoms with Gasteiger partial charge in [-0.15, -0.1) is 0 Å². The number of rotatable bonds is 1. The van der Waals surface area contributed by atoms with Gasteiger partial charge in [-0.25, -0.2) is 8.91 Å². The van der Waals surface area contributed by atoms with Crippen molar-refractivity contribution in [3.63, 3.8) is 0 Å². The van der Waals surface area contributed by atoms with Gasteiger partial charge in [-0.2, -0.15) is 5.10 Å². The van der Waals surface area contributed by atoms with Crippen LogP contribution >= 0.6 is 0 Å². The zero-order valence-electron chi connectivity index (χ0n) is 15.3. The van der Waals surface area contributed by atoms with Gasteiger partial charge in [0.1, 0.15) is 5.82 Å². The number of nitrogens with zero attached hydrogens (tertiary/aromatic N) is 3. The first kappa shape index (κ1) is 16.0. The van der Waals surface area contributed by atoms with Crippen molar-refractivity contribution < 1.29 is 4.39 Å². The highest BCUT2D eigenvalue weighted by molar-refractivity contribution is 6.16. The third-order valence-electron chi connectivity index (χ3n) is 5.91. The van der Waals surface area contributed by atoms with Crippen molar-refractivity contribution in [3.8, 4) is 0 Å². The fourth-order valence-electron chi connectivity index (χ4n) is 3.62. The van der Waals surface area contributed by atoms with Crippen LogP contribution in [0.4, 0.5) is 4.39 Å². The van der Waals surface area contributed by atoms with Gasteiger partial charge in [0, 0.05) is 22.7 Å². The molecule has 0 aliphatic carbocycles. The summed E-state index contributed by atoms with van der Waals surface area (Å²) in [5, 5.41) is 4.51. The minimum atomic E-state index is -0.357. The summed E-state index contributed by atoms with van der Waals surface area (Å²) in [5.74, 6) is -0.208. The molecular formula is C21H22FN3. The number of aliphatic imine (C=N–C) groups is 1. The van der Waals surface area contributed by atoms with Gasteiger partial charge >= 0.3 is 0 Å². The molecule has 25 heavy (non-hydrogen) atoms. The quantitative estimate of drug-likeness (QED) is 0.634. The van der Waals surface area contributed by atoms with Crippen molar-refractivity contribution in [2.75, 3.05) is 0 Å². The second-order valence-electron chi connectivity index (χ2n) is 7.86. The van der Waals surface area contributed by atoms with Crippen LogP contribution in [-0.4, -0.2) is 20.9 Å². The number of halogens is 1. The number of fused-ring (bicyclic) bond motifs is 2. The van der Waals surface area contributed by atoms with Crippen LogP contribution in [0.15, 0.2) is 47.7 Å². The van der Waals surface area contributed by atoms with Gasteiger partial charge in [-0.05, 0) is 62.2 Å². The molecule has 0 radical (unpaired) electrons. The van der Waals surface area contributed by atoms with Crippen molar-refractivity contribution in [3.05, 3.63) is 70.8 Å². The molecule has 3 heterocycles. The van der Waals surface area contributed by atoms with Crippen LogP contribution in [0.3, 0.4) is 0 Å². The van der Waals surface area contributed by atoms with Gasteiger partial charge in [0.15, 0.2) is 0 Å². The highest BCUT2D eigenvalue weighted by Crippen LogP contribution is 2.44. The topological polar surface area (TPSA) is 29.7 Å². The van der Waals surface area contributed by atoms with E-state index in [4.69, 9.17) is 4.99 Å². The van der Waals surface area contributed by atoms with Crippen LogP contribution in [0.2, 0.25) is 0 Å². The maximum absolute atomic E-state index is 14.0. The Morgan fingerprint density at radius 2 is 1.80 bits per heavy atom. The number of aryl methyl sites for hydroxylation is 1. The molecule has 0 amide bonds. The molecule has 0 saturated heterocycles. The van der Waals surface area contributed by atoms with Crippen molar-refractivity contribution >= 4 is 11.2 Å². The summed E-state index contributed by atoms with van der Waals surface area (Å²) in [6.45, 7) is 10.6. The third kappa shape index (κ3) is 2.16. The highest BCUT2D eigenvalue weighted by atomic mass is 19.1. The summed E-state index contributed by atoms with van der Waals surface area (Å²) in [6.07, 6.45) is 3.80. The van der Waals surface area contributed by atoms with E-state index in [-0.39, 0.29) is 16.8 Å². The smallest absolute Gasteiger partial charge is 0.123 e. The van der Waals surface area contributed by atoms with Crippen molar-refractivity contribution in [2.45, 2.75) is 45.6 Å². The number of hydrogen-bond donors (Lipinski definition) is 0. The normalized spacial score (nSPS) is 18.1. The van der Waals surface area contributed by atoms with Gasteiger partial charge < -0.3 is 0 Å². The Bertz CT molecular complexity index is 1020. The van der Waals surface area contributed by atoms with E-state index in [0.717, 1.165) is 33.5 Å². The van der Waals surface area contributed by atoms with Gasteiger partial charge in [-0.3, -0.25) is 4.99 Å². The molecule has 4 rings (SSSR count). The maximum Gasteiger partial charge on any atom is 0.123 e. The molecular weight excluding hydrogens is 313 g/mol. The fourth-order valence-corrected chi connectivity index (χ4v) is 3.62. The lowest BCUT2D eigenvalue weighted by Gasteiger charge is -2.44. The second-order valence-corrected chi connectivity index (χ2v) is 7.86. The van der Waals surface area contributed by atoms with Gasteiger partial charge in [0.2, 0.25) is 0 Å². The van der Waals surface area contributed by atoms with Crippen LogP contribution in [0.25, 0.3) is 5.52 Å². The van der Waals surface area contributed by atoms with Crippen LogP contribution < -0.4 is 0 Å². The molecule has 0 spiro atoms. The van der Waals surface area contributed by atoms with Crippen LogP contribution in [0.1, 0.15) is 49.9 Å². The Hall–Kier alpha value is -2.49. The van der Waals surface area contributed by atoms with Gasteiger partial charge in [-0.1, -0.05) is 13.8 Å². The van der Waals surface area contributed by atoms with Gasteiger partial charge in [0.25, 0.3) is 0 Å². The summed E-state index contributed by atoms with van der Waals surface area (Å²) >= 11 is 0. The third-order valence-corrected chi connectivity index (χ3v) is 5.91. The molecule has 1 aromatic carbocycles. The van der Waals surface area contributed by atoms with Gasteiger partial charge in [0.05, 0.1) is 23.0 Å². The predicted octanol–water partition coefficient (Wildman–Crippen LogP) is 4.69. The molecule has 0 fully saturated rings. The standard InChI is InChI=1S/C21H22FN3/c1-13-16(12-23-25-10-6-7-18(13)25)19-15-9-8-14(22)11-17(15)20(2,3)21(4,5)24-19/h6-12H,1-5H3. The Labute approximate surface area is 147 Å². The molecule has 1 aliphatic rings. The molecule has 3 nitrogen and oxygen atoms in total. The molecule has 4 heteroatoms. The summed E-state index contributed by atoms with van der Waals surface area (Å²) in [4.78, 5) is 5.11. The molecule has 128 valence electrons. The minimum Gasteiger partial charge on any atom is -0.277 e. The lowest BCUT2D eigenvalue weighted by molar-refractivity contribution is 0.302. The largest absolute Gasteiger partial charge is 0.277 e. The molecule has 3 aromatic rings. The van der Waals surface area contributed by atoms with E-state index in [1.165, 1.54) is 6.07 Å². The second kappa shape index (κ2) is 5.01. The highest BCUT2D eigenvalue weighted by Gasteiger charge is 2.44. The van der Waals surface area contributed by atoms with E-state index in [2.05, 4.69) is 45.8 Å². The van der Waals surface area contributed by atoms with E-state index in [1.807, 2.05) is 29.0 Å². The van der Waals surface area contributed by atoms with Crippen molar-refractivity contribution in [2.24, 2.45) is 4.99 Å². The average Bonchev–Trinajstić information content (AvgIpc) is 3.02. The lowest BCUT2D eigenvalue weighted by Crippen LogP contribution is -2.46. The summed E-state index contributed by atoms with van der Waals surface area (Å²) in [5.41, 5.74) is 5.45. The van der Waals surface area contributed by atoms with E-state index in [1.54, 1.807) is 6.07 Å². The monoisotopic (exact) mass is 335 g/mol. The van der Waals surface area contributed by atoms with Crippen LogP contribution in [0, 0.1) is 12.7 Å².